The number of nitrogens with zero attached hydrogens (tertiary/aromatic N) is 2. The molecular weight excluding hydrogens is 154 g/mol. The van der Waals surface area contributed by atoms with Gasteiger partial charge in [-0.05, 0) is 5.56 Å². The van der Waals surface area contributed by atoms with Crippen LogP contribution in [-0.2, 0) is 11.2 Å². The Bertz CT molecular complexity index is 246. The molecule has 5 heteroatoms. The van der Waals surface area contributed by atoms with E-state index in [4.69, 9.17) is 0 Å². The molecule has 0 amide bonds. The highest BCUT2D eigenvalue weighted by Crippen LogP contribution is 2.08. The molecule has 0 fully saturated rings. The lowest BCUT2D eigenvalue weighted by Crippen LogP contribution is -1.97. The van der Waals surface area contributed by atoms with Crippen LogP contribution in [0.3, 0.4) is 0 Å². The Kier molecular flexibility index (Phi) is 2.30. The number of carbonyl (C=O) groups excluding carboxylic acids is 1. The maximum absolute atomic E-state index is 11.8. The topological polar surface area (TPSA) is 34.9 Å². The average Bonchev–Trinajstić information content (AvgIpc) is 2.37. The second-order valence-electron chi connectivity index (χ2n) is 1.98. The summed E-state index contributed by atoms with van der Waals surface area (Å²) in [6.45, 7) is -2.63. The Hall–Kier alpha value is -1.26. The molecule has 11 heavy (non-hydrogen) atoms. The van der Waals surface area contributed by atoms with E-state index in [9.17, 15) is 13.6 Å². The van der Waals surface area contributed by atoms with Gasteiger partial charge in [-0.25, -0.2) is 4.68 Å². The van der Waals surface area contributed by atoms with E-state index in [1.54, 1.807) is 0 Å². The summed E-state index contributed by atoms with van der Waals surface area (Å²) in [6.07, 6.45) is 3.18. The van der Waals surface area contributed by atoms with E-state index in [2.05, 4.69) is 5.10 Å². The zero-order valence-corrected chi connectivity index (χ0v) is 5.58. The summed E-state index contributed by atoms with van der Waals surface area (Å²) in [6, 6.07) is 0. The smallest absolute Gasteiger partial charge is 0.303 e. The Morgan fingerprint density at radius 1 is 1.73 bits per heavy atom. The van der Waals surface area contributed by atoms with Crippen LogP contribution in [0.4, 0.5) is 8.78 Å². The van der Waals surface area contributed by atoms with Crippen molar-refractivity contribution in [1.82, 2.24) is 9.78 Å². The number of rotatable bonds is 3. The summed E-state index contributed by atoms with van der Waals surface area (Å²) < 4.78 is 24.2. The van der Waals surface area contributed by atoms with E-state index in [1.165, 1.54) is 6.20 Å². The zero-order valence-electron chi connectivity index (χ0n) is 5.58. The van der Waals surface area contributed by atoms with E-state index in [0.717, 1.165) is 6.20 Å². The Labute approximate surface area is 61.6 Å². The van der Waals surface area contributed by atoms with Crippen LogP contribution in [0, 0.1) is 0 Å². The fraction of sp³-hybridized carbons (Fsp3) is 0.333. The first kappa shape index (κ1) is 7.84. The summed E-state index contributed by atoms with van der Waals surface area (Å²) in [5.74, 6) is 0. The SMILES string of the molecule is O=CCc1cnn(C(F)F)c1. The van der Waals surface area contributed by atoms with Crippen LogP contribution in [0.1, 0.15) is 12.1 Å². The van der Waals surface area contributed by atoms with Crippen LogP contribution >= 0.6 is 0 Å². The molecule has 0 atom stereocenters. The molecule has 0 aromatic carbocycles. The highest BCUT2D eigenvalue weighted by Gasteiger charge is 2.05. The van der Waals surface area contributed by atoms with E-state index in [1.807, 2.05) is 0 Å². The molecule has 0 aliphatic carbocycles. The van der Waals surface area contributed by atoms with E-state index < -0.39 is 6.55 Å². The van der Waals surface area contributed by atoms with Crippen molar-refractivity contribution in [2.24, 2.45) is 0 Å². The van der Waals surface area contributed by atoms with E-state index in [-0.39, 0.29) is 6.42 Å². The lowest BCUT2D eigenvalue weighted by Gasteiger charge is -1.94. The molecule has 1 rings (SSSR count). The van der Waals surface area contributed by atoms with Gasteiger partial charge in [-0.2, -0.15) is 13.9 Å². The van der Waals surface area contributed by atoms with Crippen LogP contribution in [0.5, 0.6) is 0 Å². The van der Waals surface area contributed by atoms with Gasteiger partial charge in [-0.1, -0.05) is 0 Å². The number of alkyl halides is 2. The molecule has 0 saturated heterocycles. The number of hydrogen-bond donors (Lipinski definition) is 0. The van der Waals surface area contributed by atoms with Crippen molar-refractivity contribution in [2.45, 2.75) is 13.0 Å². The van der Waals surface area contributed by atoms with Gasteiger partial charge in [0.25, 0.3) is 0 Å². The lowest BCUT2D eigenvalue weighted by atomic mass is 10.3. The van der Waals surface area contributed by atoms with Crippen LogP contribution in [-0.4, -0.2) is 16.1 Å². The number of aromatic nitrogens is 2. The van der Waals surface area contributed by atoms with Crippen LogP contribution in [0.15, 0.2) is 12.4 Å². The quantitative estimate of drug-likeness (QED) is 0.618. The first-order valence-electron chi connectivity index (χ1n) is 2.99. The van der Waals surface area contributed by atoms with Gasteiger partial charge in [0.15, 0.2) is 0 Å². The summed E-state index contributed by atoms with van der Waals surface area (Å²) in [4.78, 5) is 9.93. The van der Waals surface area contributed by atoms with Crippen LogP contribution < -0.4 is 0 Å². The Morgan fingerprint density at radius 3 is 2.91 bits per heavy atom. The number of aldehydes is 1. The molecule has 1 heterocycles. The molecule has 0 radical (unpaired) electrons. The van der Waals surface area contributed by atoms with Gasteiger partial charge in [-0.15, -0.1) is 0 Å². The second kappa shape index (κ2) is 3.23. The maximum Gasteiger partial charge on any atom is 0.333 e. The number of halogens is 2. The highest BCUT2D eigenvalue weighted by molar-refractivity contribution is 5.54. The third-order valence-corrected chi connectivity index (χ3v) is 1.17. The Balaban J connectivity index is 2.73. The van der Waals surface area contributed by atoms with Crippen molar-refractivity contribution in [3.8, 4) is 0 Å². The Morgan fingerprint density at radius 2 is 2.45 bits per heavy atom. The van der Waals surface area contributed by atoms with Gasteiger partial charge in [0.05, 0.1) is 6.20 Å². The van der Waals surface area contributed by atoms with E-state index >= 15 is 0 Å². The third-order valence-electron chi connectivity index (χ3n) is 1.17. The zero-order chi connectivity index (χ0) is 8.27. The van der Waals surface area contributed by atoms with Crippen molar-refractivity contribution in [2.75, 3.05) is 0 Å². The summed E-state index contributed by atoms with van der Waals surface area (Å²) in [5.41, 5.74) is 0.500. The molecule has 1 aromatic rings. The fourth-order valence-corrected chi connectivity index (χ4v) is 0.686. The van der Waals surface area contributed by atoms with Crippen molar-refractivity contribution < 1.29 is 13.6 Å². The molecule has 60 valence electrons. The predicted octanol–water partition coefficient (Wildman–Crippen LogP) is 1.02. The molecular formula is C6H6F2N2O. The average molecular weight is 160 g/mol. The predicted molar refractivity (Wildman–Crippen MR) is 33.2 cm³/mol. The molecule has 0 unspecified atom stereocenters. The van der Waals surface area contributed by atoms with Gasteiger partial charge < -0.3 is 4.79 Å². The summed E-state index contributed by atoms with van der Waals surface area (Å²) >= 11 is 0. The highest BCUT2D eigenvalue weighted by atomic mass is 19.3. The van der Waals surface area contributed by atoms with Gasteiger partial charge in [0, 0.05) is 12.6 Å². The van der Waals surface area contributed by atoms with Gasteiger partial charge in [0.2, 0.25) is 0 Å². The third kappa shape index (κ3) is 1.83. The van der Waals surface area contributed by atoms with Crippen molar-refractivity contribution in [3.63, 3.8) is 0 Å². The van der Waals surface area contributed by atoms with Gasteiger partial charge >= 0.3 is 6.55 Å². The first-order valence-corrected chi connectivity index (χ1v) is 2.99. The van der Waals surface area contributed by atoms with Crippen LogP contribution in [0.25, 0.3) is 0 Å². The molecule has 0 bridgehead atoms. The second-order valence-corrected chi connectivity index (χ2v) is 1.98. The lowest BCUT2D eigenvalue weighted by molar-refractivity contribution is -0.107. The summed E-state index contributed by atoms with van der Waals surface area (Å²) in [5, 5.41) is 3.34. The minimum Gasteiger partial charge on any atom is -0.303 e. The standard InChI is InChI=1S/C6H6F2N2O/c7-6(8)10-4-5(1-2-11)3-9-10/h2-4,6H,1H2. The molecule has 0 aliphatic heterocycles. The minimum absolute atomic E-state index is 0.132. The molecule has 0 aliphatic rings. The van der Waals surface area contributed by atoms with Crippen molar-refractivity contribution in [1.29, 1.82) is 0 Å². The maximum atomic E-state index is 11.8. The summed E-state index contributed by atoms with van der Waals surface area (Å²) in [7, 11) is 0. The molecule has 3 nitrogen and oxygen atoms in total. The van der Waals surface area contributed by atoms with Crippen molar-refractivity contribution in [3.05, 3.63) is 18.0 Å². The monoisotopic (exact) mass is 160 g/mol. The fourth-order valence-electron chi connectivity index (χ4n) is 0.686. The molecule has 0 spiro atoms. The van der Waals surface area contributed by atoms with Gasteiger partial charge in [0.1, 0.15) is 6.29 Å². The number of carbonyl (C=O) groups is 1. The normalized spacial score (nSPS) is 10.5. The largest absolute Gasteiger partial charge is 0.333 e. The van der Waals surface area contributed by atoms with E-state index in [0.29, 0.717) is 16.5 Å². The minimum atomic E-state index is -2.63. The van der Waals surface area contributed by atoms with Crippen LogP contribution in [0.2, 0.25) is 0 Å². The molecule has 0 saturated carbocycles. The molecule has 1 aromatic heterocycles. The molecule has 0 N–H and O–H groups in total. The first-order chi connectivity index (χ1) is 5.24. The number of hydrogen-bond acceptors (Lipinski definition) is 2. The van der Waals surface area contributed by atoms with Gasteiger partial charge in [-0.3, -0.25) is 0 Å². The van der Waals surface area contributed by atoms with Crippen molar-refractivity contribution >= 4 is 6.29 Å².